The summed E-state index contributed by atoms with van der Waals surface area (Å²) in [7, 11) is -3.93. The Morgan fingerprint density at radius 1 is 1.05 bits per heavy atom. The number of nitrogens with one attached hydrogen (secondary N) is 2. The standard InChI is InChI=1S/C29H47N5O7S/c1-28(2,3)41-27(38)34(26(30)37)23-16-11-6-4-5-8-13-20-19-29(20,42(39,40)32-21-14-9-7-10-15-21)31-24(35)22-17-12-18-33(22)25(23)36/h8,13,20-23,32H,4-7,9-12,14-19H2,1-3H3,(H2,30,37)(H,31,35)/b13-8-/t20-,22+,23+,29-/m1/s1. The molecule has 2 aliphatic carbocycles. The monoisotopic (exact) mass is 609 g/mol. The summed E-state index contributed by atoms with van der Waals surface area (Å²) < 4.78 is 35.8. The fraction of sp³-hybridized carbons (Fsp3) is 0.793. The normalized spacial score (nSPS) is 30.6. The van der Waals surface area contributed by atoms with Gasteiger partial charge in [-0.05, 0) is 72.1 Å². The zero-order chi connectivity index (χ0) is 30.7. The van der Waals surface area contributed by atoms with Gasteiger partial charge in [-0.25, -0.2) is 27.6 Å². The van der Waals surface area contributed by atoms with E-state index < -0.39 is 56.5 Å². The van der Waals surface area contributed by atoms with Crippen LogP contribution in [0.3, 0.4) is 0 Å². The Hall–Kier alpha value is -2.67. The van der Waals surface area contributed by atoms with E-state index in [1.807, 2.05) is 12.2 Å². The summed E-state index contributed by atoms with van der Waals surface area (Å²) in [5.41, 5.74) is 4.69. The number of sulfonamides is 1. The Bertz CT molecular complexity index is 1180. The van der Waals surface area contributed by atoms with E-state index in [0.717, 1.165) is 38.5 Å². The highest BCUT2D eigenvalue weighted by Crippen LogP contribution is 2.49. The number of amides is 5. The van der Waals surface area contributed by atoms with Crippen LogP contribution in [0.15, 0.2) is 12.2 Å². The highest BCUT2D eigenvalue weighted by Gasteiger charge is 2.64. The van der Waals surface area contributed by atoms with Crippen molar-refractivity contribution in [3.05, 3.63) is 12.2 Å². The number of urea groups is 1. The van der Waals surface area contributed by atoms with E-state index in [1.54, 1.807) is 20.8 Å². The van der Waals surface area contributed by atoms with Crippen LogP contribution in [0.2, 0.25) is 0 Å². The van der Waals surface area contributed by atoms with Gasteiger partial charge in [0, 0.05) is 18.5 Å². The smallest absolute Gasteiger partial charge is 0.419 e. The third-order valence-corrected chi connectivity index (χ3v) is 10.9. The van der Waals surface area contributed by atoms with Gasteiger partial charge >= 0.3 is 12.1 Å². The van der Waals surface area contributed by atoms with E-state index in [-0.39, 0.29) is 31.3 Å². The van der Waals surface area contributed by atoms with Gasteiger partial charge in [-0.3, -0.25) is 9.59 Å². The predicted molar refractivity (Wildman–Crippen MR) is 156 cm³/mol. The number of fused-ring (bicyclic) bond motifs is 2. The Labute approximate surface area is 249 Å². The highest BCUT2D eigenvalue weighted by atomic mass is 32.2. The molecule has 0 spiro atoms. The molecule has 0 aromatic carbocycles. The Morgan fingerprint density at radius 2 is 1.71 bits per heavy atom. The average Bonchev–Trinajstić information content (AvgIpc) is 3.37. The second kappa shape index (κ2) is 12.9. The maximum atomic E-state index is 14.0. The number of imide groups is 1. The van der Waals surface area contributed by atoms with Crippen molar-refractivity contribution in [3.63, 3.8) is 0 Å². The number of rotatable bonds is 4. The van der Waals surface area contributed by atoms with Gasteiger partial charge in [0.2, 0.25) is 21.8 Å². The molecule has 5 amide bonds. The molecule has 0 bridgehead atoms. The van der Waals surface area contributed by atoms with Crippen LogP contribution >= 0.6 is 0 Å². The Morgan fingerprint density at radius 3 is 2.38 bits per heavy atom. The number of primary amides is 1. The van der Waals surface area contributed by atoms with E-state index >= 15 is 0 Å². The van der Waals surface area contributed by atoms with Crippen LogP contribution < -0.4 is 15.8 Å². The van der Waals surface area contributed by atoms with Gasteiger partial charge in [0.1, 0.15) is 17.7 Å². The number of hydrogen-bond donors (Lipinski definition) is 3. The van der Waals surface area contributed by atoms with Crippen molar-refractivity contribution in [2.75, 3.05) is 6.54 Å². The number of ether oxygens (including phenoxy) is 1. The summed E-state index contributed by atoms with van der Waals surface area (Å²) in [6.45, 7) is 5.18. The van der Waals surface area contributed by atoms with E-state index in [0.29, 0.717) is 37.0 Å². The fourth-order valence-electron chi connectivity index (χ4n) is 6.42. The molecule has 0 aromatic heterocycles. The molecule has 0 radical (unpaired) electrons. The third-order valence-electron chi connectivity index (χ3n) is 8.68. The molecule has 4 aliphatic rings. The van der Waals surface area contributed by atoms with Crippen LogP contribution in [0.4, 0.5) is 9.59 Å². The van der Waals surface area contributed by atoms with E-state index in [1.165, 1.54) is 4.90 Å². The van der Waals surface area contributed by atoms with E-state index in [2.05, 4.69) is 10.0 Å². The minimum atomic E-state index is -3.93. The number of carbonyl (C=O) groups is 4. The molecule has 12 nitrogen and oxygen atoms in total. The lowest BCUT2D eigenvalue weighted by Crippen LogP contribution is -2.60. The van der Waals surface area contributed by atoms with Gasteiger partial charge in [0.15, 0.2) is 4.87 Å². The summed E-state index contributed by atoms with van der Waals surface area (Å²) >= 11 is 0. The lowest BCUT2D eigenvalue weighted by atomic mass is 9.96. The van der Waals surface area contributed by atoms with Crippen molar-refractivity contribution in [1.29, 1.82) is 0 Å². The van der Waals surface area contributed by atoms with Crippen LogP contribution in [0.1, 0.15) is 104 Å². The third kappa shape index (κ3) is 7.27. The van der Waals surface area contributed by atoms with Gasteiger partial charge in [0.25, 0.3) is 0 Å². The molecule has 0 aromatic rings. The van der Waals surface area contributed by atoms with Crippen LogP contribution in [0, 0.1) is 5.92 Å². The van der Waals surface area contributed by atoms with Crippen molar-refractivity contribution in [2.24, 2.45) is 11.7 Å². The number of nitrogens with zero attached hydrogens (tertiary/aromatic N) is 2. The molecular formula is C29H47N5O7S. The molecule has 2 heterocycles. The average molecular weight is 610 g/mol. The second-order valence-electron chi connectivity index (χ2n) is 13.1. The molecule has 1 saturated heterocycles. The van der Waals surface area contributed by atoms with E-state index in [4.69, 9.17) is 10.5 Å². The summed E-state index contributed by atoms with van der Waals surface area (Å²) in [6, 6.07) is -3.45. The fourth-order valence-corrected chi connectivity index (χ4v) is 8.42. The van der Waals surface area contributed by atoms with Gasteiger partial charge in [0.05, 0.1) is 0 Å². The summed E-state index contributed by atoms with van der Waals surface area (Å²) in [5.74, 6) is -1.50. The lowest BCUT2D eigenvalue weighted by Gasteiger charge is -2.34. The zero-order valence-electron chi connectivity index (χ0n) is 25.1. The summed E-state index contributed by atoms with van der Waals surface area (Å²) in [4.78, 5) is 53.9. The number of nitrogens with two attached hydrogens (primary N) is 1. The lowest BCUT2D eigenvalue weighted by molar-refractivity contribution is -0.142. The van der Waals surface area contributed by atoms with Gasteiger partial charge < -0.3 is 20.7 Å². The molecule has 0 unspecified atom stereocenters. The van der Waals surface area contributed by atoms with Crippen molar-refractivity contribution in [1.82, 2.24) is 19.8 Å². The minimum absolute atomic E-state index is 0.158. The highest BCUT2D eigenvalue weighted by molar-refractivity contribution is 7.91. The molecule has 3 fully saturated rings. The molecule has 4 rings (SSSR count). The molecule has 2 aliphatic heterocycles. The van der Waals surface area contributed by atoms with Crippen LogP contribution in [-0.2, 0) is 24.3 Å². The summed E-state index contributed by atoms with van der Waals surface area (Å²) in [5, 5.41) is 2.85. The quantitative estimate of drug-likeness (QED) is 0.411. The Kier molecular flexibility index (Phi) is 9.91. The predicted octanol–water partition coefficient (Wildman–Crippen LogP) is 3.27. The number of allylic oxidation sites excluding steroid dienone is 1. The first-order valence-corrected chi connectivity index (χ1v) is 16.9. The molecular weight excluding hydrogens is 562 g/mol. The molecule has 236 valence electrons. The van der Waals surface area contributed by atoms with Crippen molar-refractivity contribution < 1.29 is 32.3 Å². The van der Waals surface area contributed by atoms with Crippen molar-refractivity contribution in [2.45, 2.75) is 133 Å². The van der Waals surface area contributed by atoms with Crippen molar-refractivity contribution >= 4 is 34.0 Å². The van der Waals surface area contributed by atoms with Gasteiger partial charge in [-0.15, -0.1) is 0 Å². The zero-order valence-corrected chi connectivity index (χ0v) is 25.9. The second-order valence-corrected chi connectivity index (χ2v) is 15.1. The van der Waals surface area contributed by atoms with Crippen LogP contribution in [0.5, 0.6) is 0 Å². The van der Waals surface area contributed by atoms with Crippen molar-refractivity contribution in [3.8, 4) is 0 Å². The maximum Gasteiger partial charge on any atom is 0.419 e. The molecule has 42 heavy (non-hydrogen) atoms. The number of carbonyl (C=O) groups excluding carboxylic acids is 4. The Balaban J connectivity index is 1.62. The van der Waals surface area contributed by atoms with E-state index in [9.17, 15) is 27.6 Å². The molecule has 4 N–H and O–H groups in total. The first-order valence-electron chi connectivity index (χ1n) is 15.4. The molecule has 2 saturated carbocycles. The van der Waals surface area contributed by atoms with Gasteiger partial charge in [-0.2, -0.15) is 0 Å². The topological polar surface area (TPSA) is 168 Å². The molecule has 4 atom stereocenters. The largest absolute Gasteiger partial charge is 0.443 e. The first kappa shape index (κ1) is 32.2. The van der Waals surface area contributed by atoms with Crippen LogP contribution in [-0.4, -0.2) is 77.3 Å². The first-order chi connectivity index (χ1) is 19.8. The minimum Gasteiger partial charge on any atom is -0.443 e. The van der Waals surface area contributed by atoms with Gasteiger partial charge in [-0.1, -0.05) is 44.3 Å². The summed E-state index contributed by atoms with van der Waals surface area (Å²) in [6.07, 6.45) is 11.3. The number of hydrogen-bond acceptors (Lipinski definition) is 7. The SMILES string of the molecule is CC(C)(C)OC(=O)N(C(N)=O)[C@H]1CCCCC/C=C\[C@@H]2C[C@]2(S(=O)(=O)NC2CCCCC2)NC(=O)[C@@H]2CCCN2C1=O. The maximum absolute atomic E-state index is 14.0. The molecule has 13 heteroatoms. The van der Waals surface area contributed by atoms with Crippen LogP contribution in [0.25, 0.3) is 0 Å².